The predicted octanol–water partition coefficient (Wildman–Crippen LogP) is 2.05. The quantitative estimate of drug-likeness (QED) is 0.492. The number of benzene rings is 1. The van der Waals surface area contributed by atoms with Crippen molar-refractivity contribution in [2.45, 2.75) is 20.4 Å². The molecule has 126 valence electrons. The first kappa shape index (κ1) is 15.1. The van der Waals surface area contributed by atoms with Crippen molar-refractivity contribution in [2.24, 2.45) is 0 Å². The summed E-state index contributed by atoms with van der Waals surface area (Å²) in [7, 11) is 0. The maximum absolute atomic E-state index is 5.91. The molecule has 0 aliphatic rings. The van der Waals surface area contributed by atoms with Crippen LogP contribution in [-0.2, 0) is 6.54 Å². The summed E-state index contributed by atoms with van der Waals surface area (Å²) in [6.07, 6.45) is 1.90. The van der Waals surface area contributed by atoms with E-state index in [9.17, 15) is 0 Å². The van der Waals surface area contributed by atoms with Crippen molar-refractivity contribution >= 4 is 22.8 Å². The fourth-order valence-corrected chi connectivity index (χ4v) is 2.82. The van der Waals surface area contributed by atoms with E-state index in [1.54, 1.807) is 4.68 Å². The molecule has 0 aliphatic carbocycles. The normalized spacial score (nSPS) is 11.3. The molecule has 0 radical (unpaired) electrons. The highest BCUT2D eigenvalue weighted by atomic mass is 15.4. The average molecular weight is 334 g/mol. The van der Waals surface area contributed by atoms with Crippen LogP contribution in [0.1, 0.15) is 16.7 Å². The number of nitrogens with two attached hydrogens (primary N) is 2. The highest BCUT2D eigenvalue weighted by molar-refractivity contribution is 5.86. The zero-order valence-corrected chi connectivity index (χ0v) is 14.0. The van der Waals surface area contributed by atoms with Crippen LogP contribution in [0.5, 0.6) is 0 Å². The molecule has 1 aromatic carbocycles. The molecule has 8 heteroatoms. The number of H-pyrrole nitrogens is 1. The minimum atomic E-state index is 0.187. The van der Waals surface area contributed by atoms with Crippen LogP contribution < -0.4 is 11.5 Å². The summed E-state index contributed by atoms with van der Waals surface area (Å²) in [6.45, 7) is 4.50. The van der Waals surface area contributed by atoms with Crippen molar-refractivity contribution in [1.82, 2.24) is 29.9 Å². The van der Waals surface area contributed by atoms with Crippen LogP contribution in [0.2, 0.25) is 0 Å². The maximum atomic E-state index is 5.91. The van der Waals surface area contributed by atoms with Gasteiger partial charge in [-0.1, -0.05) is 17.3 Å². The Morgan fingerprint density at radius 2 is 1.96 bits per heavy atom. The van der Waals surface area contributed by atoms with Gasteiger partial charge < -0.3 is 16.5 Å². The smallest absolute Gasteiger partial charge is 0.222 e. The largest absolute Gasteiger partial charge is 0.399 e. The van der Waals surface area contributed by atoms with Gasteiger partial charge in [0.15, 0.2) is 11.2 Å². The van der Waals surface area contributed by atoms with Crippen LogP contribution in [0.25, 0.3) is 22.6 Å². The minimum absolute atomic E-state index is 0.187. The summed E-state index contributed by atoms with van der Waals surface area (Å²) in [5, 5.41) is 8.51. The number of fused-ring (bicyclic) bond motifs is 1. The van der Waals surface area contributed by atoms with Crippen molar-refractivity contribution in [2.75, 3.05) is 11.5 Å². The van der Waals surface area contributed by atoms with Gasteiger partial charge in [-0.25, -0.2) is 9.67 Å². The fraction of sp³-hybridized carbons (Fsp3) is 0.176. The Hall–Kier alpha value is -3.42. The lowest BCUT2D eigenvalue weighted by atomic mass is 10.1. The summed E-state index contributed by atoms with van der Waals surface area (Å²) >= 11 is 0. The lowest BCUT2D eigenvalue weighted by molar-refractivity contribution is 0.664. The van der Waals surface area contributed by atoms with Gasteiger partial charge in [0, 0.05) is 11.9 Å². The lowest BCUT2D eigenvalue weighted by Gasteiger charge is -2.06. The van der Waals surface area contributed by atoms with Crippen molar-refractivity contribution < 1.29 is 0 Å². The van der Waals surface area contributed by atoms with Crippen molar-refractivity contribution in [3.8, 4) is 11.4 Å². The van der Waals surface area contributed by atoms with Crippen molar-refractivity contribution in [3.63, 3.8) is 0 Å². The third-order valence-corrected chi connectivity index (χ3v) is 4.13. The van der Waals surface area contributed by atoms with Gasteiger partial charge in [-0.3, -0.25) is 0 Å². The van der Waals surface area contributed by atoms with E-state index in [0.29, 0.717) is 23.4 Å². The number of nitrogens with zero attached hydrogens (tertiary/aromatic N) is 5. The van der Waals surface area contributed by atoms with E-state index in [4.69, 9.17) is 11.5 Å². The number of nitrogen functional groups attached to an aromatic ring is 2. The Balaban J connectivity index is 1.81. The van der Waals surface area contributed by atoms with Gasteiger partial charge in [0.1, 0.15) is 5.69 Å². The van der Waals surface area contributed by atoms with Crippen LogP contribution in [0, 0.1) is 13.8 Å². The first-order valence-corrected chi connectivity index (χ1v) is 7.88. The highest BCUT2D eigenvalue weighted by Gasteiger charge is 2.16. The van der Waals surface area contributed by atoms with E-state index in [2.05, 4.69) is 25.3 Å². The molecule has 0 atom stereocenters. The molecule has 0 amide bonds. The molecule has 0 spiro atoms. The van der Waals surface area contributed by atoms with E-state index in [1.165, 1.54) is 0 Å². The Morgan fingerprint density at radius 3 is 2.68 bits per heavy atom. The Kier molecular flexibility index (Phi) is 3.38. The van der Waals surface area contributed by atoms with Gasteiger partial charge in [0.05, 0.1) is 12.2 Å². The summed E-state index contributed by atoms with van der Waals surface area (Å²) in [4.78, 5) is 11.8. The van der Waals surface area contributed by atoms with Crippen molar-refractivity contribution in [3.05, 3.63) is 47.2 Å². The second kappa shape index (κ2) is 5.59. The minimum Gasteiger partial charge on any atom is -0.399 e. The van der Waals surface area contributed by atoms with Crippen LogP contribution in [0.3, 0.4) is 0 Å². The molecule has 0 fully saturated rings. The fourth-order valence-electron chi connectivity index (χ4n) is 2.82. The molecule has 5 N–H and O–H groups in total. The summed E-state index contributed by atoms with van der Waals surface area (Å²) < 4.78 is 1.72. The van der Waals surface area contributed by atoms with Crippen molar-refractivity contribution in [1.29, 1.82) is 0 Å². The average Bonchev–Trinajstić information content (AvgIpc) is 3.17. The molecule has 8 nitrogen and oxygen atoms in total. The molecule has 0 aliphatic heterocycles. The number of aromatic amines is 1. The molecular weight excluding hydrogens is 316 g/mol. The number of hydrogen-bond donors (Lipinski definition) is 3. The maximum Gasteiger partial charge on any atom is 0.222 e. The molecular formula is C17H18N8. The van der Waals surface area contributed by atoms with Crippen LogP contribution in [0.4, 0.5) is 11.6 Å². The van der Waals surface area contributed by atoms with E-state index >= 15 is 0 Å². The second-order valence-electron chi connectivity index (χ2n) is 6.13. The summed E-state index contributed by atoms with van der Waals surface area (Å²) in [6, 6.07) is 7.88. The molecule has 4 rings (SSSR count). The number of hydrogen-bond acceptors (Lipinski definition) is 6. The molecule has 4 aromatic rings. The van der Waals surface area contributed by atoms with Crippen LogP contribution >= 0.6 is 0 Å². The molecule has 0 saturated carbocycles. The third kappa shape index (κ3) is 2.67. The van der Waals surface area contributed by atoms with Gasteiger partial charge in [0.25, 0.3) is 0 Å². The zero-order valence-electron chi connectivity index (χ0n) is 14.0. The number of nitrogens with one attached hydrogen (secondary N) is 1. The number of anilines is 2. The predicted molar refractivity (Wildman–Crippen MR) is 96.7 cm³/mol. The topological polar surface area (TPSA) is 124 Å². The van der Waals surface area contributed by atoms with Gasteiger partial charge in [-0.05, 0) is 42.7 Å². The van der Waals surface area contributed by atoms with Gasteiger partial charge in [-0.2, -0.15) is 4.98 Å². The van der Waals surface area contributed by atoms with E-state index < -0.39 is 0 Å². The SMILES string of the molecule is Cc1c[nH]c(-c2nc(N)nc3c2nnn3Cc2ccc(N)c(C)c2)c1. The zero-order chi connectivity index (χ0) is 17.6. The van der Waals surface area contributed by atoms with Gasteiger partial charge >= 0.3 is 0 Å². The highest BCUT2D eigenvalue weighted by Crippen LogP contribution is 2.25. The second-order valence-corrected chi connectivity index (χ2v) is 6.13. The summed E-state index contributed by atoms with van der Waals surface area (Å²) in [5.41, 5.74) is 18.5. The first-order chi connectivity index (χ1) is 12.0. The Bertz CT molecular complexity index is 1080. The van der Waals surface area contributed by atoms with Gasteiger partial charge in [-0.15, -0.1) is 5.10 Å². The third-order valence-electron chi connectivity index (χ3n) is 4.13. The molecule has 0 bridgehead atoms. The number of rotatable bonds is 3. The Morgan fingerprint density at radius 1 is 1.12 bits per heavy atom. The molecule has 3 aromatic heterocycles. The molecule has 0 saturated heterocycles. The van der Waals surface area contributed by atoms with Gasteiger partial charge in [0.2, 0.25) is 5.95 Å². The molecule has 0 unspecified atom stereocenters. The van der Waals surface area contributed by atoms with Crippen LogP contribution in [-0.4, -0.2) is 29.9 Å². The van der Waals surface area contributed by atoms with E-state index in [1.807, 2.05) is 44.3 Å². The summed E-state index contributed by atoms with van der Waals surface area (Å²) in [5.74, 6) is 0.187. The van der Waals surface area contributed by atoms with E-state index in [-0.39, 0.29) is 5.95 Å². The van der Waals surface area contributed by atoms with Crippen LogP contribution in [0.15, 0.2) is 30.5 Å². The molecule has 25 heavy (non-hydrogen) atoms. The lowest BCUT2D eigenvalue weighted by Crippen LogP contribution is -2.05. The molecule has 3 heterocycles. The monoisotopic (exact) mass is 334 g/mol. The standard InChI is InChI=1S/C17H18N8/c1-9-5-13(20-7-9)14-15-16(22-17(19)21-14)25(24-23-15)8-11-3-4-12(18)10(2)6-11/h3-7,20H,8,18H2,1-2H3,(H2,19,21,22). The first-order valence-electron chi connectivity index (χ1n) is 7.88. The number of aromatic nitrogens is 6. The Labute approximate surface area is 143 Å². The van der Waals surface area contributed by atoms with E-state index in [0.717, 1.165) is 28.1 Å². The number of aryl methyl sites for hydroxylation is 2.